The number of nitrogens with one attached hydrogen (secondary N) is 2. The van der Waals surface area contributed by atoms with Crippen LogP contribution in [0.3, 0.4) is 0 Å². The zero-order valence-corrected chi connectivity index (χ0v) is 41.9. The van der Waals surface area contributed by atoms with Gasteiger partial charge in [0.25, 0.3) is 5.91 Å². The molecule has 5 amide bonds. The Labute approximate surface area is 402 Å². The van der Waals surface area contributed by atoms with Gasteiger partial charge in [0.2, 0.25) is 17.5 Å². The van der Waals surface area contributed by atoms with E-state index < -0.39 is 41.0 Å². The highest BCUT2D eigenvalue weighted by Gasteiger charge is 2.46. The number of piperazine rings is 1. The molecule has 0 saturated carbocycles. The molecule has 3 aliphatic rings. The maximum absolute atomic E-state index is 14.7. The molecule has 1 aromatic carbocycles. The Morgan fingerprint density at radius 2 is 1.78 bits per heavy atom. The normalized spacial score (nSPS) is 21.1. The number of hydrazine groups is 1. The van der Waals surface area contributed by atoms with E-state index in [1.54, 1.807) is 35.1 Å². The van der Waals surface area contributed by atoms with E-state index in [0.29, 0.717) is 49.8 Å². The van der Waals surface area contributed by atoms with Crippen molar-refractivity contribution in [2.75, 3.05) is 74.1 Å². The van der Waals surface area contributed by atoms with Gasteiger partial charge >= 0.3 is 12.0 Å². The number of rotatable bonds is 10. The molecule has 7 rings (SSSR count). The fraction of sp³-hybridized carbons (Fsp3) is 0.571. The van der Waals surface area contributed by atoms with Crippen LogP contribution in [0.4, 0.5) is 4.79 Å². The predicted molar refractivity (Wildman–Crippen MR) is 259 cm³/mol. The number of hydrogen-bond donors (Lipinski definition) is 3. The average molecular weight is 957 g/mol. The molecule has 4 atom stereocenters. The summed E-state index contributed by atoms with van der Waals surface area (Å²) in [6.45, 7) is 14.2. The Hall–Kier alpha value is -5.47. The van der Waals surface area contributed by atoms with Gasteiger partial charge in [-0.05, 0) is 76.5 Å². The number of hydrogen-bond acceptors (Lipinski definition) is 13. The zero-order chi connectivity index (χ0) is 49.2. The molecule has 2 fully saturated rings. The van der Waals surface area contributed by atoms with Crippen molar-refractivity contribution in [2.24, 2.45) is 11.3 Å². The molecule has 19 heteroatoms. The van der Waals surface area contributed by atoms with Crippen LogP contribution in [-0.4, -0.2) is 166 Å². The Kier molecular flexibility index (Phi) is 15.3. The van der Waals surface area contributed by atoms with Gasteiger partial charge in [0.05, 0.1) is 41.3 Å². The van der Waals surface area contributed by atoms with Gasteiger partial charge in [-0.15, -0.1) is 11.3 Å². The number of carbonyl (C=O) groups excluding carboxylic acids is 5. The minimum absolute atomic E-state index is 0.0122. The highest BCUT2D eigenvalue weighted by atomic mass is 32.1. The summed E-state index contributed by atoms with van der Waals surface area (Å²) in [5.74, 6) is -2.43. The van der Waals surface area contributed by atoms with Crippen LogP contribution in [0, 0.1) is 11.3 Å². The van der Waals surface area contributed by atoms with Crippen molar-refractivity contribution < 1.29 is 38.6 Å². The monoisotopic (exact) mass is 956 g/mol. The molecule has 0 unspecified atom stereocenters. The van der Waals surface area contributed by atoms with Crippen LogP contribution in [-0.2, 0) is 48.0 Å². The standard InChI is InChI=1S/C49H68N10O8S/c1-11-58-38-16-15-32-24-34(38)35(43(58)33-14-12-18-50-41(33)31(4)66-10)26-48(5,6)29-67-46(63)49(65)17-13-19-59(53-49)45(62)36(25-39-51-37(32)28-68-39)52-44(61)42(30(2)3)55(9)47(64)57-22-20-56(21-23-57)40(60)27-54(7)8/h12,14-16,18,24,28,30-31,36,42,53,65H,11,13,17,19-23,25-27,29H2,1-10H3,(H,52,61)/t31-,36-,42-,49-/m0/s1. The molecular weight excluding hydrogens is 889 g/mol. The summed E-state index contributed by atoms with van der Waals surface area (Å²) >= 11 is 1.36. The highest BCUT2D eigenvalue weighted by Crippen LogP contribution is 2.42. The van der Waals surface area contributed by atoms with Crippen LogP contribution in [0.5, 0.6) is 0 Å². The molecule has 68 heavy (non-hydrogen) atoms. The summed E-state index contributed by atoms with van der Waals surface area (Å²) in [6.07, 6.45) is 2.21. The molecule has 6 bridgehead atoms. The van der Waals surface area contributed by atoms with Gasteiger partial charge in [0, 0.05) is 105 Å². The first-order valence-corrected chi connectivity index (χ1v) is 24.4. The Morgan fingerprint density at radius 1 is 1.06 bits per heavy atom. The van der Waals surface area contributed by atoms with Gasteiger partial charge in [-0.25, -0.2) is 14.6 Å². The van der Waals surface area contributed by atoms with Crippen LogP contribution in [0.1, 0.15) is 76.8 Å². The molecule has 18 nitrogen and oxygen atoms in total. The summed E-state index contributed by atoms with van der Waals surface area (Å²) in [6, 6.07) is 7.70. The summed E-state index contributed by atoms with van der Waals surface area (Å²) in [7, 11) is 6.90. The second-order valence-corrected chi connectivity index (χ2v) is 20.6. The quantitative estimate of drug-likeness (QED) is 0.191. The Bertz CT molecular complexity index is 2510. The van der Waals surface area contributed by atoms with Crippen molar-refractivity contribution >= 4 is 52.0 Å². The number of amides is 5. The van der Waals surface area contributed by atoms with Crippen molar-refractivity contribution in [3.63, 3.8) is 0 Å². The minimum atomic E-state index is -2.23. The molecule has 0 aliphatic carbocycles. The van der Waals surface area contributed by atoms with Crippen LogP contribution in [0.15, 0.2) is 41.9 Å². The number of aromatic nitrogens is 3. The second kappa shape index (κ2) is 20.6. The van der Waals surface area contributed by atoms with E-state index in [2.05, 4.69) is 40.4 Å². The zero-order valence-electron chi connectivity index (χ0n) is 41.1. The molecule has 4 aromatic rings. The van der Waals surface area contributed by atoms with Gasteiger partial charge in [0.1, 0.15) is 12.1 Å². The largest absolute Gasteiger partial charge is 0.462 e. The molecule has 0 radical (unpaired) electrons. The van der Waals surface area contributed by atoms with E-state index in [0.717, 1.165) is 39.0 Å². The first kappa shape index (κ1) is 50.4. The summed E-state index contributed by atoms with van der Waals surface area (Å²) in [5.41, 5.74) is 6.23. The Morgan fingerprint density at radius 3 is 2.46 bits per heavy atom. The van der Waals surface area contributed by atoms with E-state index in [9.17, 15) is 29.1 Å². The van der Waals surface area contributed by atoms with Crippen LogP contribution in [0.25, 0.3) is 33.4 Å². The van der Waals surface area contributed by atoms with E-state index in [-0.39, 0.29) is 62.9 Å². The number of thiazole rings is 1. The third-order valence-corrected chi connectivity index (χ3v) is 14.1. The lowest BCUT2D eigenvalue weighted by Gasteiger charge is -2.41. The molecule has 3 aliphatic heterocycles. The summed E-state index contributed by atoms with van der Waals surface area (Å²) in [4.78, 5) is 86.3. The third-order valence-electron chi connectivity index (χ3n) is 13.2. The van der Waals surface area contributed by atoms with Gasteiger partial charge in [-0.2, -0.15) is 5.43 Å². The first-order valence-electron chi connectivity index (χ1n) is 23.6. The molecule has 3 N–H and O–H groups in total. The van der Waals surface area contributed by atoms with Crippen molar-refractivity contribution in [3.05, 3.63) is 58.2 Å². The molecule has 2 saturated heterocycles. The van der Waals surface area contributed by atoms with Crippen molar-refractivity contribution in [3.8, 4) is 22.5 Å². The van der Waals surface area contributed by atoms with E-state index in [1.165, 1.54) is 21.2 Å². The van der Waals surface area contributed by atoms with E-state index in [1.807, 2.05) is 66.2 Å². The molecule has 368 valence electrons. The third kappa shape index (κ3) is 10.6. The van der Waals surface area contributed by atoms with Gasteiger partial charge in [-0.3, -0.25) is 24.4 Å². The van der Waals surface area contributed by atoms with E-state index in [4.69, 9.17) is 19.4 Å². The van der Waals surface area contributed by atoms with Crippen molar-refractivity contribution in [1.82, 2.24) is 49.9 Å². The number of methoxy groups -OCH3 is 1. The number of fused-ring (bicyclic) bond motifs is 6. The van der Waals surface area contributed by atoms with Crippen LogP contribution in [0.2, 0.25) is 0 Å². The van der Waals surface area contributed by atoms with Gasteiger partial charge in [0.15, 0.2) is 0 Å². The topological polar surface area (TPSA) is 195 Å². The van der Waals surface area contributed by atoms with Crippen molar-refractivity contribution in [2.45, 2.75) is 97.7 Å². The maximum atomic E-state index is 14.7. The van der Waals surface area contributed by atoms with E-state index >= 15 is 0 Å². The SMILES string of the molecule is CCn1c(-c2cccnc2[C@H](C)OC)c2c3cc(ccc31)-c1csc(n1)C[C@H](NC(=O)[C@H](C(C)C)N(C)C(=O)N1CCN(C(=O)CN(C)C)CC1)C(=O)N1CCC[C@@](O)(N1)C(=O)OCC(C)(C)C2. The van der Waals surface area contributed by atoms with Crippen LogP contribution >= 0.6 is 11.3 Å². The minimum Gasteiger partial charge on any atom is -0.462 e. The Balaban J connectivity index is 1.24. The smallest absolute Gasteiger partial charge is 0.355 e. The summed E-state index contributed by atoms with van der Waals surface area (Å²) in [5, 5.41) is 19.5. The first-order chi connectivity index (χ1) is 32.2. The number of urea groups is 1. The predicted octanol–water partition coefficient (Wildman–Crippen LogP) is 4.30. The van der Waals surface area contributed by atoms with Gasteiger partial charge < -0.3 is 44.1 Å². The number of cyclic esters (lactones) is 1. The molecular formula is C49H68N10O8S. The average Bonchev–Trinajstić information content (AvgIpc) is 3.90. The van der Waals surface area contributed by atoms with Crippen molar-refractivity contribution in [1.29, 1.82) is 0 Å². The number of benzene rings is 1. The molecule has 6 heterocycles. The number of aryl methyl sites for hydroxylation is 1. The molecule has 3 aromatic heterocycles. The number of ether oxygens (including phenoxy) is 2. The number of nitrogens with zero attached hydrogens (tertiary/aromatic N) is 8. The highest BCUT2D eigenvalue weighted by molar-refractivity contribution is 7.10. The molecule has 0 spiro atoms. The lowest BCUT2D eigenvalue weighted by molar-refractivity contribution is -0.189. The second-order valence-electron chi connectivity index (χ2n) is 19.7. The number of likely N-dealkylation sites (N-methyl/N-ethyl adjacent to an activating group) is 2. The summed E-state index contributed by atoms with van der Waals surface area (Å²) < 4.78 is 14.0. The van der Waals surface area contributed by atoms with Gasteiger partial charge in [-0.1, -0.05) is 33.8 Å². The lowest BCUT2D eigenvalue weighted by atomic mass is 9.84. The van der Waals surface area contributed by atoms with Crippen LogP contribution < -0.4 is 10.7 Å². The number of esters is 1. The fourth-order valence-corrected chi connectivity index (χ4v) is 10.5. The number of aliphatic hydroxyl groups is 1. The number of pyridine rings is 1. The maximum Gasteiger partial charge on any atom is 0.355 e. The fourth-order valence-electron chi connectivity index (χ4n) is 9.65. The lowest BCUT2D eigenvalue weighted by Crippen LogP contribution is -2.67. The number of carbonyl (C=O) groups is 5.